The van der Waals surface area contributed by atoms with Gasteiger partial charge in [0.1, 0.15) is 0 Å². The number of carbonyl (C=O) groups excluding carboxylic acids is 1. The number of aliphatic hydroxyl groups excluding tert-OH is 1. The minimum Gasteiger partial charge on any atom is -0.466 e. The number of aliphatic hydroxyl groups is 1. The molecule has 1 fully saturated rings. The molecule has 0 aliphatic heterocycles. The number of nitrogens with zero attached hydrogens (tertiary/aromatic N) is 1. The maximum Gasteiger partial charge on any atom is 0.330 e. The fraction of sp³-hybridized carbons (Fsp3) is 0.265. The van der Waals surface area contributed by atoms with Crippen LogP contribution < -0.4 is 10.6 Å². The Labute approximate surface area is 231 Å². The molecule has 3 N–H and O–H groups in total. The fourth-order valence-electron chi connectivity index (χ4n) is 5.28. The third-order valence-electron chi connectivity index (χ3n) is 7.45. The summed E-state index contributed by atoms with van der Waals surface area (Å²) < 4.78 is 4.75. The summed E-state index contributed by atoms with van der Waals surface area (Å²) in [7, 11) is 1.36. The molecular weight excluding hydrogens is 484 g/mol. The predicted octanol–water partition coefficient (Wildman–Crippen LogP) is 7.66. The molecule has 0 amide bonds. The van der Waals surface area contributed by atoms with E-state index in [0.717, 1.165) is 70.4 Å². The van der Waals surface area contributed by atoms with Crippen molar-refractivity contribution in [2.24, 2.45) is 5.92 Å². The van der Waals surface area contributed by atoms with E-state index in [1.165, 1.54) is 19.6 Å². The van der Waals surface area contributed by atoms with Gasteiger partial charge in [0.15, 0.2) is 6.23 Å². The molecule has 0 bridgehead atoms. The summed E-state index contributed by atoms with van der Waals surface area (Å²) in [5.74, 6) is -0.114. The summed E-state index contributed by atoms with van der Waals surface area (Å²) in [5.41, 5.74) is 14.1. The van der Waals surface area contributed by atoms with Gasteiger partial charge in [-0.1, -0.05) is 74.9 Å². The lowest BCUT2D eigenvalue weighted by Crippen LogP contribution is -2.32. The van der Waals surface area contributed by atoms with Crippen LogP contribution >= 0.6 is 0 Å². The van der Waals surface area contributed by atoms with Gasteiger partial charge in [-0.2, -0.15) is 0 Å². The first-order chi connectivity index (χ1) is 18.8. The Morgan fingerprint density at radius 1 is 1.05 bits per heavy atom. The molecule has 1 saturated carbocycles. The Bertz CT molecular complexity index is 1370. The fourth-order valence-corrected chi connectivity index (χ4v) is 5.28. The van der Waals surface area contributed by atoms with Gasteiger partial charge in [0, 0.05) is 28.7 Å². The van der Waals surface area contributed by atoms with Gasteiger partial charge in [0.2, 0.25) is 0 Å². The molecule has 0 saturated heterocycles. The van der Waals surface area contributed by atoms with E-state index in [4.69, 9.17) is 10.5 Å². The second-order valence-corrected chi connectivity index (χ2v) is 10.2. The van der Waals surface area contributed by atoms with E-state index in [-0.39, 0.29) is 0 Å². The van der Waals surface area contributed by atoms with Gasteiger partial charge in [0.05, 0.1) is 7.11 Å². The largest absolute Gasteiger partial charge is 0.466 e. The van der Waals surface area contributed by atoms with Gasteiger partial charge in [-0.3, -0.25) is 0 Å². The average Bonchev–Trinajstić information content (AvgIpc) is 2.96. The Morgan fingerprint density at radius 2 is 1.74 bits per heavy atom. The number of nitrogen functional groups attached to an aromatic ring is 1. The minimum absolute atomic E-state index is 0.300. The monoisotopic (exact) mass is 522 g/mol. The van der Waals surface area contributed by atoms with Crippen molar-refractivity contribution >= 4 is 29.5 Å². The molecule has 0 aromatic heterocycles. The minimum atomic E-state index is -0.928. The van der Waals surface area contributed by atoms with Crippen LogP contribution in [0.4, 0.5) is 11.4 Å². The van der Waals surface area contributed by atoms with Crippen LogP contribution in [0, 0.1) is 12.8 Å². The lowest BCUT2D eigenvalue weighted by Gasteiger charge is -2.37. The zero-order chi connectivity index (χ0) is 27.9. The quantitative estimate of drug-likeness (QED) is 0.131. The van der Waals surface area contributed by atoms with Crippen LogP contribution in [0.25, 0.3) is 23.3 Å². The highest BCUT2D eigenvalue weighted by molar-refractivity contribution is 5.87. The zero-order valence-electron chi connectivity index (χ0n) is 22.9. The number of benzene rings is 3. The van der Waals surface area contributed by atoms with Crippen LogP contribution in [0.1, 0.15) is 60.6 Å². The SMILES string of the molecule is C=Cc1cc(-c2ccc(C(O)N(C(=C)C3CCCCC3)c3cc(C)cc(/C=C/C(=O)OC)c3)cc2)ccc1N. The molecular formula is C34H38N2O3. The number of carbonyl (C=O) groups is 1. The van der Waals surface area contributed by atoms with Crippen LogP contribution in [0.5, 0.6) is 0 Å². The van der Waals surface area contributed by atoms with E-state index < -0.39 is 12.2 Å². The lowest BCUT2D eigenvalue weighted by atomic mass is 9.86. The van der Waals surface area contributed by atoms with Crippen molar-refractivity contribution in [3.8, 4) is 11.1 Å². The van der Waals surface area contributed by atoms with Crippen LogP contribution in [0.3, 0.4) is 0 Å². The number of anilines is 2. The molecule has 5 heteroatoms. The summed E-state index contributed by atoms with van der Waals surface area (Å²) in [4.78, 5) is 13.6. The number of aryl methyl sites for hydroxylation is 1. The smallest absolute Gasteiger partial charge is 0.330 e. The van der Waals surface area contributed by atoms with Gasteiger partial charge < -0.3 is 20.5 Å². The van der Waals surface area contributed by atoms with Crippen LogP contribution in [0.2, 0.25) is 0 Å². The number of hydrogen-bond donors (Lipinski definition) is 2. The van der Waals surface area contributed by atoms with E-state index >= 15 is 0 Å². The molecule has 1 unspecified atom stereocenters. The highest BCUT2D eigenvalue weighted by atomic mass is 16.5. The number of nitrogens with two attached hydrogens (primary N) is 1. The lowest BCUT2D eigenvalue weighted by molar-refractivity contribution is -0.134. The molecule has 3 aromatic rings. The van der Waals surface area contributed by atoms with Crippen molar-refractivity contribution in [2.45, 2.75) is 45.3 Å². The summed E-state index contributed by atoms with van der Waals surface area (Å²) in [6.07, 6.45) is 9.65. The second-order valence-electron chi connectivity index (χ2n) is 10.2. The van der Waals surface area contributed by atoms with E-state index in [2.05, 4.69) is 13.2 Å². The standard InChI is InChI=1S/C34H38N2O3/c1-5-26-22-30(16-17-32(26)35)28-12-14-29(15-13-28)34(38)36(24(3)27-9-7-6-8-10-27)31-20-23(2)19-25(21-31)11-18-33(37)39-4/h5,11-22,27,34,38H,1,3,6-10,35H2,2,4H3/b18-11+. The molecule has 1 atom stereocenters. The van der Waals surface area contributed by atoms with Crippen molar-refractivity contribution in [3.63, 3.8) is 0 Å². The Balaban J connectivity index is 1.70. The number of rotatable bonds is 9. The number of allylic oxidation sites excluding steroid dienone is 1. The topological polar surface area (TPSA) is 75.8 Å². The summed E-state index contributed by atoms with van der Waals surface area (Å²) in [6.45, 7) is 10.3. The van der Waals surface area contributed by atoms with Crippen molar-refractivity contribution in [3.05, 3.63) is 108 Å². The Hall–Kier alpha value is -4.09. The Kier molecular flexibility index (Phi) is 9.05. The van der Waals surface area contributed by atoms with E-state index in [1.54, 1.807) is 12.2 Å². The molecule has 5 nitrogen and oxygen atoms in total. The predicted molar refractivity (Wildman–Crippen MR) is 162 cm³/mol. The maximum absolute atomic E-state index is 11.8. The van der Waals surface area contributed by atoms with Crippen molar-refractivity contribution in [2.75, 3.05) is 17.7 Å². The molecule has 202 valence electrons. The third kappa shape index (κ3) is 6.68. The summed E-state index contributed by atoms with van der Waals surface area (Å²) in [5, 5.41) is 11.8. The van der Waals surface area contributed by atoms with Gasteiger partial charge in [-0.15, -0.1) is 0 Å². The summed E-state index contributed by atoms with van der Waals surface area (Å²) >= 11 is 0. The van der Waals surface area contributed by atoms with Gasteiger partial charge in [0.25, 0.3) is 0 Å². The van der Waals surface area contributed by atoms with Gasteiger partial charge >= 0.3 is 5.97 Å². The Morgan fingerprint density at radius 3 is 2.41 bits per heavy atom. The number of hydrogen-bond acceptors (Lipinski definition) is 5. The highest BCUT2D eigenvalue weighted by Crippen LogP contribution is 2.38. The zero-order valence-corrected chi connectivity index (χ0v) is 22.9. The van der Waals surface area contributed by atoms with E-state index in [9.17, 15) is 9.90 Å². The van der Waals surface area contributed by atoms with Crippen molar-refractivity contribution < 1.29 is 14.6 Å². The first-order valence-corrected chi connectivity index (χ1v) is 13.5. The number of methoxy groups -OCH3 is 1. The molecule has 0 heterocycles. The molecule has 0 radical (unpaired) electrons. The average molecular weight is 523 g/mol. The van der Waals surface area contributed by atoms with E-state index in [1.807, 2.05) is 72.5 Å². The van der Waals surface area contributed by atoms with Gasteiger partial charge in [-0.25, -0.2) is 4.79 Å². The van der Waals surface area contributed by atoms with Crippen LogP contribution in [-0.2, 0) is 9.53 Å². The molecule has 1 aliphatic carbocycles. The first kappa shape index (κ1) is 27.9. The van der Waals surface area contributed by atoms with Crippen molar-refractivity contribution in [1.82, 2.24) is 0 Å². The van der Waals surface area contributed by atoms with Gasteiger partial charge in [-0.05, 0) is 83.8 Å². The van der Waals surface area contributed by atoms with Crippen LogP contribution in [-0.4, -0.2) is 18.2 Å². The second kappa shape index (κ2) is 12.6. The molecule has 1 aliphatic rings. The number of ether oxygens (including phenoxy) is 1. The van der Waals surface area contributed by atoms with Crippen LogP contribution in [0.15, 0.2) is 85.6 Å². The molecule has 4 rings (SSSR count). The molecule has 39 heavy (non-hydrogen) atoms. The van der Waals surface area contributed by atoms with E-state index in [0.29, 0.717) is 11.6 Å². The summed E-state index contributed by atoms with van der Waals surface area (Å²) in [6, 6.07) is 19.8. The normalized spacial score (nSPS) is 14.6. The molecule has 0 spiro atoms. The van der Waals surface area contributed by atoms with Crippen molar-refractivity contribution in [1.29, 1.82) is 0 Å². The first-order valence-electron chi connectivity index (χ1n) is 13.5. The highest BCUT2D eigenvalue weighted by Gasteiger charge is 2.27. The molecule has 3 aromatic carbocycles. The maximum atomic E-state index is 11.8. The number of esters is 1. The third-order valence-corrected chi connectivity index (χ3v) is 7.45.